The van der Waals surface area contributed by atoms with E-state index in [2.05, 4.69) is 31.7 Å². The Balaban J connectivity index is 2.43. The molecule has 0 N–H and O–H groups in total. The fourth-order valence-electron chi connectivity index (χ4n) is 2.33. The topological polar surface area (TPSA) is 27.0 Å². The molecule has 1 rings (SSSR count). The Morgan fingerprint density at radius 2 is 2.21 bits per heavy atom. The predicted octanol–water partition coefficient (Wildman–Crippen LogP) is 2.66. The van der Waals surface area contributed by atoms with Crippen LogP contribution in [0.5, 0.6) is 0 Å². The highest BCUT2D eigenvalue weighted by Gasteiger charge is 2.28. The molecule has 0 saturated carbocycles. The van der Waals surface area contributed by atoms with Gasteiger partial charge >= 0.3 is 0 Å². The minimum atomic E-state index is 0.503. The van der Waals surface area contributed by atoms with Gasteiger partial charge < -0.3 is 0 Å². The Morgan fingerprint density at radius 1 is 1.50 bits per heavy atom. The Morgan fingerprint density at radius 3 is 2.64 bits per heavy atom. The van der Waals surface area contributed by atoms with Crippen LogP contribution in [0.3, 0.4) is 0 Å². The lowest BCUT2D eigenvalue weighted by Gasteiger charge is -2.25. The molecule has 1 aliphatic rings. The Hall–Kier alpha value is -0.550. The van der Waals surface area contributed by atoms with E-state index < -0.39 is 0 Å². The first-order valence-corrected chi connectivity index (χ1v) is 5.80. The first kappa shape index (κ1) is 11.5. The van der Waals surface area contributed by atoms with Crippen LogP contribution in [0.1, 0.15) is 40.0 Å². The molecule has 0 bridgehead atoms. The zero-order valence-electron chi connectivity index (χ0n) is 9.66. The summed E-state index contributed by atoms with van der Waals surface area (Å²) < 4.78 is 0. The van der Waals surface area contributed by atoms with E-state index in [0.29, 0.717) is 12.5 Å². The van der Waals surface area contributed by atoms with Crippen molar-refractivity contribution >= 4 is 0 Å². The van der Waals surface area contributed by atoms with Crippen molar-refractivity contribution in [1.82, 2.24) is 4.90 Å². The Kier molecular flexibility index (Phi) is 4.41. The number of nitrogens with zero attached hydrogens (tertiary/aromatic N) is 2. The van der Waals surface area contributed by atoms with Gasteiger partial charge in [0.25, 0.3) is 0 Å². The fraction of sp³-hybridized carbons (Fsp3) is 0.917. The standard InChI is InChI=1S/C12H22N2/c1-4-12(5-7-13)14-8-6-11(9-14)10(2)3/h10-12H,4-6,8-9H2,1-3H3. The van der Waals surface area contributed by atoms with Gasteiger partial charge in [0.05, 0.1) is 12.5 Å². The third-order valence-electron chi connectivity index (χ3n) is 3.51. The van der Waals surface area contributed by atoms with Gasteiger partial charge in [0.15, 0.2) is 0 Å². The molecule has 0 aliphatic carbocycles. The maximum absolute atomic E-state index is 8.73. The van der Waals surface area contributed by atoms with Gasteiger partial charge in [0.1, 0.15) is 0 Å². The van der Waals surface area contributed by atoms with Gasteiger partial charge in [-0.3, -0.25) is 4.90 Å². The molecule has 1 aliphatic heterocycles. The molecule has 2 heteroatoms. The lowest BCUT2D eigenvalue weighted by atomic mass is 9.95. The Bertz CT molecular complexity index is 205. The Labute approximate surface area is 87.9 Å². The maximum atomic E-state index is 8.73. The van der Waals surface area contributed by atoms with Crippen LogP contribution in [0, 0.1) is 23.2 Å². The quantitative estimate of drug-likeness (QED) is 0.688. The molecule has 1 heterocycles. The highest BCUT2D eigenvalue weighted by atomic mass is 15.2. The van der Waals surface area contributed by atoms with Crippen LogP contribution < -0.4 is 0 Å². The highest BCUT2D eigenvalue weighted by molar-refractivity contribution is 4.87. The van der Waals surface area contributed by atoms with Crippen molar-refractivity contribution in [1.29, 1.82) is 5.26 Å². The van der Waals surface area contributed by atoms with E-state index in [-0.39, 0.29) is 0 Å². The molecule has 0 radical (unpaired) electrons. The van der Waals surface area contributed by atoms with Crippen LogP contribution in [0.2, 0.25) is 0 Å². The smallest absolute Gasteiger partial charge is 0.0638 e. The molecule has 14 heavy (non-hydrogen) atoms. The van der Waals surface area contributed by atoms with E-state index in [1.807, 2.05) is 0 Å². The van der Waals surface area contributed by atoms with Gasteiger partial charge in [-0.15, -0.1) is 0 Å². The average molecular weight is 194 g/mol. The largest absolute Gasteiger partial charge is 0.299 e. The predicted molar refractivity (Wildman–Crippen MR) is 58.8 cm³/mol. The van der Waals surface area contributed by atoms with E-state index in [4.69, 9.17) is 5.26 Å². The molecule has 80 valence electrons. The van der Waals surface area contributed by atoms with Gasteiger partial charge in [-0.2, -0.15) is 5.26 Å². The van der Waals surface area contributed by atoms with Crippen LogP contribution in [-0.2, 0) is 0 Å². The first-order chi connectivity index (χ1) is 6.69. The summed E-state index contributed by atoms with van der Waals surface area (Å²) in [6, 6.07) is 2.80. The number of likely N-dealkylation sites (tertiary alicyclic amines) is 1. The molecule has 0 aromatic rings. The number of hydrogen-bond acceptors (Lipinski definition) is 2. The monoisotopic (exact) mass is 194 g/mol. The van der Waals surface area contributed by atoms with Crippen molar-refractivity contribution in [3.8, 4) is 6.07 Å². The van der Waals surface area contributed by atoms with E-state index in [1.54, 1.807) is 0 Å². The van der Waals surface area contributed by atoms with Gasteiger partial charge in [0.2, 0.25) is 0 Å². The van der Waals surface area contributed by atoms with Gasteiger partial charge in [0, 0.05) is 12.6 Å². The summed E-state index contributed by atoms with van der Waals surface area (Å²) in [7, 11) is 0. The van der Waals surface area contributed by atoms with Crippen molar-refractivity contribution in [2.24, 2.45) is 11.8 Å². The third kappa shape index (κ3) is 2.72. The highest BCUT2D eigenvalue weighted by Crippen LogP contribution is 2.26. The summed E-state index contributed by atoms with van der Waals surface area (Å²) in [6.45, 7) is 9.20. The SMILES string of the molecule is CCC(CC#N)N1CCC(C(C)C)C1. The van der Waals surface area contributed by atoms with Crippen molar-refractivity contribution in [2.45, 2.75) is 46.1 Å². The minimum Gasteiger partial charge on any atom is -0.299 e. The van der Waals surface area contributed by atoms with Gasteiger partial charge in [-0.05, 0) is 31.2 Å². The fourth-order valence-corrected chi connectivity index (χ4v) is 2.33. The van der Waals surface area contributed by atoms with Gasteiger partial charge in [-0.25, -0.2) is 0 Å². The second kappa shape index (κ2) is 5.36. The van der Waals surface area contributed by atoms with Crippen LogP contribution in [0.4, 0.5) is 0 Å². The minimum absolute atomic E-state index is 0.503. The molecule has 0 aromatic carbocycles. The molecule has 2 unspecified atom stereocenters. The summed E-state index contributed by atoms with van der Waals surface area (Å²) in [4.78, 5) is 2.51. The summed E-state index contributed by atoms with van der Waals surface area (Å²) >= 11 is 0. The van der Waals surface area contributed by atoms with E-state index >= 15 is 0 Å². The van der Waals surface area contributed by atoms with Crippen molar-refractivity contribution < 1.29 is 0 Å². The van der Waals surface area contributed by atoms with Gasteiger partial charge in [-0.1, -0.05) is 20.8 Å². The summed E-state index contributed by atoms with van der Waals surface area (Å²) in [6.07, 6.45) is 3.12. The van der Waals surface area contributed by atoms with E-state index in [0.717, 1.165) is 18.3 Å². The molecule has 1 fully saturated rings. The number of rotatable bonds is 4. The lowest BCUT2D eigenvalue weighted by Crippen LogP contribution is -2.33. The molecule has 2 nitrogen and oxygen atoms in total. The second-order valence-electron chi connectivity index (χ2n) is 4.71. The van der Waals surface area contributed by atoms with E-state index in [9.17, 15) is 0 Å². The van der Waals surface area contributed by atoms with Crippen molar-refractivity contribution in [3.05, 3.63) is 0 Å². The average Bonchev–Trinajstić information content (AvgIpc) is 2.63. The lowest BCUT2D eigenvalue weighted by molar-refractivity contribution is 0.222. The molecule has 2 atom stereocenters. The van der Waals surface area contributed by atoms with Crippen LogP contribution in [0.25, 0.3) is 0 Å². The second-order valence-corrected chi connectivity index (χ2v) is 4.71. The molecule has 0 spiro atoms. The van der Waals surface area contributed by atoms with Crippen molar-refractivity contribution in [2.75, 3.05) is 13.1 Å². The molecular formula is C12H22N2. The maximum Gasteiger partial charge on any atom is 0.0638 e. The van der Waals surface area contributed by atoms with Crippen molar-refractivity contribution in [3.63, 3.8) is 0 Å². The zero-order chi connectivity index (χ0) is 10.6. The number of nitriles is 1. The summed E-state index contributed by atoms with van der Waals surface area (Å²) in [5.74, 6) is 1.64. The molecule has 0 aromatic heterocycles. The normalized spacial score (nSPS) is 25.2. The van der Waals surface area contributed by atoms with Crippen LogP contribution in [-0.4, -0.2) is 24.0 Å². The van der Waals surface area contributed by atoms with Crippen LogP contribution >= 0.6 is 0 Å². The third-order valence-corrected chi connectivity index (χ3v) is 3.51. The van der Waals surface area contributed by atoms with Crippen LogP contribution in [0.15, 0.2) is 0 Å². The molecule has 0 amide bonds. The zero-order valence-corrected chi connectivity index (χ0v) is 9.66. The first-order valence-electron chi connectivity index (χ1n) is 5.80. The molecule has 1 saturated heterocycles. The number of hydrogen-bond donors (Lipinski definition) is 0. The summed E-state index contributed by atoms with van der Waals surface area (Å²) in [5, 5.41) is 8.73. The van der Waals surface area contributed by atoms with E-state index in [1.165, 1.54) is 19.5 Å². The summed E-state index contributed by atoms with van der Waals surface area (Å²) in [5.41, 5.74) is 0. The molecular weight excluding hydrogens is 172 g/mol.